The fourth-order valence-corrected chi connectivity index (χ4v) is 2.86. The normalized spacial score (nSPS) is 16.0. The van der Waals surface area contributed by atoms with Gasteiger partial charge in [0.25, 0.3) is 5.91 Å². The van der Waals surface area contributed by atoms with Crippen LogP contribution >= 0.6 is 0 Å². The minimum atomic E-state index is -0.302. The Morgan fingerprint density at radius 3 is 2.33 bits per heavy atom. The van der Waals surface area contributed by atoms with E-state index in [1.807, 2.05) is 30.3 Å². The Balaban J connectivity index is 1.51. The number of carbonyl (C=O) groups is 2. The Kier molecular flexibility index (Phi) is 4.96. The fourth-order valence-electron chi connectivity index (χ4n) is 2.86. The molecule has 2 aromatic rings. The standard InChI is InChI=1S/C18H21N3O3/c19-16(14-4-2-1-3-5-14)12-17(22)20-7-9-21(10-8-20)18(23)15-6-11-24-13-15/h1-6,11,13,16H,7-10,12,19H2. The molecule has 1 aliphatic heterocycles. The van der Waals surface area contributed by atoms with Crippen LogP contribution in [0.15, 0.2) is 53.3 Å². The van der Waals surface area contributed by atoms with Crippen LogP contribution in [0, 0.1) is 0 Å². The van der Waals surface area contributed by atoms with E-state index in [-0.39, 0.29) is 24.3 Å². The molecule has 24 heavy (non-hydrogen) atoms. The molecule has 6 heteroatoms. The third-order valence-corrected chi connectivity index (χ3v) is 4.31. The van der Waals surface area contributed by atoms with E-state index in [2.05, 4.69) is 0 Å². The number of piperazine rings is 1. The van der Waals surface area contributed by atoms with E-state index in [0.717, 1.165) is 5.56 Å². The number of nitrogens with zero attached hydrogens (tertiary/aromatic N) is 2. The maximum absolute atomic E-state index is 12.4. The summed E-state index contributed by atoms with van der Waals surface area (Å²) in [7, 11) is 0. The number of hydrogen-bond donors (Lipinski definition) is 1. The van der Waals surface area contributed by atoms with Crippen molar-refractivity contribution in [3.8, 4) is 0 Å². The number of furan rings is 1. The van der Waals surface area contributed by atoms with Gasteiger partial charge in [0, 0.05) is 38.6 Å². The van der Waals surface area contributed by atoms with Crippen molar-refractivity contribution in [1.82, 2.24) is 9.80 Å². The van der Waals surface area contributed by atoms with Gasteiger partial charge in [-0.15, -0.1) is 0 Å². The molecule has 1 aromatic carbocycles. The van der Waals surface area contributed by atoms with Crippen LogP contribution in [0.4, 0.5) is 0 Å². The van der Waals surface area contributed by atoms with Crippen LogP contribution in [0.3, 0.4) is 0 Å². The number of amides is 2. The molecule has 1 aromatic heterocycles. The van der Waals surface area contributed by atoms with E-state index in [1.165, 1.54) is 12.5 Å². The Hall–Kier alpha value is -2.60. The third-order valence-electron chi connectivity index (χ3n) is 4.31. The zero-order valence-electron chi connectivity index (χ0n) is 13.4. The van der Waals surface area contributed by atoms with Crippen LogP contribution in [0.2, 0.25) is 0 Å². The molecule has 1 saturated heterocycles. The van der Waals surface area contributed by atoms with Gasteiger partial charge in [0.15, 0.2) is 0 Å². The number of nitrogens with two attached hydrogens (primary N) is 1. The van der Waals surface area contributed by atoms with E-state index < -0.39 is 0 Å². The average molecular weight is 327 g/mol. The summed E-state index contributed by atoms with van der Waals surface area (Å²) < 4.78 is 4.95. The number of hydrogen-bond acceptors (Lipinski definition) is 4. The molecule has 0 bridgehead atoms. The van der Waals surface area contributed by atoms with Crippen molar-refractivity contribution in [3.63, 3.8) is 0 Å². The summed E-state index contributed by atoms with van der Waals surface area (Å²) >= 11 is 0. The van der Waals surface area contributed by atoms with Crippen LogP contribution in [-0.2, 0) is 4.79 Å². The quantitative estimate of drug-likeness (QED) is 0.926. The molecule has 6 nitrogen and oxygen atoms in total. The molecule has 1 aliphatic rings. The predicted octanol–water partition coefficient (Wildman–Crippen LogP) is 1.65. The highest BCUT2D eigenvalue weighted by Crippen LogP contribution is 2.16. The molecule has 1 atom stereocenters. The molecule has 0 saturated carbocycles. The molecule has 2 heterocycles. The van der Waals surface area contributed by atoms with Gasteiger partial charge >= 0.3 is 0 Å². The van der Waals surface area contributed by atoms with Gasteiger partial charge in [-0.1, -0.05) is 30.3 Å². The summed E-state index contributed by atoms with van der Waals surface area (Å²) in [5.41, 5.74) is 7.62. The first kappa shape index (κ1) is 16.3. The highest BCUT2D eigenvalue weighted by atomic mass is 16.3. The van der Waals surface area contributed by atoms with E-state index in [9.17, 15) is 9.59 Å². The topological polar surface area (TPSA) is 79.8 Å². The highest BCUT2D eigenvalue weighted by molar-refractivity contribution is 5.94. The van der Waals surface area contributed by atoms with Gasteiger partial charge in [-0.05, 0) is 11.6 Å². The van der Waals surface area contributed by atoms with Crippen LogP contribution in [0.25, 0.3) is 0 Å². The van der Waals surface area contributed by atoms with E-state index in [1.54, 1.807) is 15.9 Å². The van der Waals surface area contributed by atoms with Crippen molar-refractivity contribution in [1.29, 1.82) is 0 Å². The minimum absolute atomic E-state index is 0.0294. The molecule has 2 N–H and O–H groups in total. The highest BCUT2D eigenvalue weighted by Gasteiger charge is 2.26. The molecule has 1 fully saturated rings. The Morgan fingerprint density at radius 1 is 1.04 bits per heavy atom. The van der Waals surface area contributed by atoms with Gasteiger partial charge in [0.1, 0.15) is 6.26 Å². The summed E-state index contributed by atoms with van der Waals surface area (Å²) in [6, 6.07) is 11.0. The van der Waals surface area contributed by atoms with Crippen LogP contribution in [-0.4, -0.2) is 47.8 Å². The minimum Gasteiger partial charge on any atom is -0.472 e. The zero-order chi connectivity index (χ0) is 16.9. The van der Waals surface area contributed by atoms with Crippen molar-refractivity contribution < 1.29 is 14.0 Å². The van der Waals surface area contributed by atoms with Crippen molar-refractivity contribution in [2.75, 3.05) is 26.2 Å². The Bertz CT molecular complexity index is 677. The number of benzene rings is 1. The van der Waals surface area contributed by atoms with Gasteiger partial charge in [0.2, 0.25) is 5.91 Å². The molecular weight excluding hydrogens is 306 g/mol. The molecular formula is C18H21N3O3. The number of rotatable bonds is 4. The average Bonchev–Trinajstić information content (AvgIpc) is 3.16. The number of carbonyl (C=O) groups excluding carboxylic acids is 2. The van der Waals surface area contributed by atoms with Crippen molar-refractivity contribution >= 4 is 11.8 Å². The lowest BCUT2D eigenvalue weighted by Gasteiger charge is -2.35. The monoisotopic (exact) mass is 327 g/mol. The fraction of sp³-hybridized carbons (Fsp3) is 0.333. The van der Waals surface area contributed by atoms with E-state index in [4.69, 9.17) is 10.2 Å². The molecule has 3 rings (SSSR count). The van der Waals surface area contributed by atoms with Gasteiger partial charge in [-0.2, -0.15) is 0 Å². The van der Waals surface area contributed by atoms with Crippen LogP contribution in [0.1, 0.15) is 28.4 Å². The van der Waals surface area contributed by atoms with Crippen LogP contribution in [0.5, 0.6) is 0 Å². The largest absolute Gasteiger partial charge is 0.472 e. The maximum Gasteiger partial charge on any atom is 0.257 e. The van der Waals surface area contributed by atoms with E-state index in [0.29, 0.717) is 31.7 Å². The summed E-state index contributed by atoms with van der Waals surface area (Å²) in [5.74, 6) is -0.0291. The molecule has 1 unspecified atom stereocenters. The van der Waals surface area contributed by atoms with Crippen molar-refractivity contribution in [2.24, 2.45) is 5.73 Å². The molecule has 2 amide bonds. The summed E-state index contributed by atoms with van der Waals surface area (Å²) in [6.45, 7) is 2.11. The van der Waals surface area contributed by atoms with Gasteiger partial charge < -0.3 is 20.0 Å². The molecule has 0 radical (unpaired) electrons. The zero-order valence-corrected chi connectivity index (χ0v) is 13.4. The second-order valence-electron chi connectivity index (χ2n) is 5.91. The Labute approximate surface area is 140 Å². The smallest absolute Gasteiger partial charge is 0.257 e. The second-order valence-corrected chi connectivity index (χ2v) is 5.91. The van der Waals surface area contributed by atoms with Crippen molar-refractivity contribution in [2.45, 2.75) is 12.5 Å². The summed E-state index contributed by atoms with van der Waals surface area (Å²) in [6.07, 6.45) is 3.20. The molecule has 0 spiro atoms. The SMILES string of the molecule is NC(CC(=O)N1CCN(C(=O)c2ccoc2)CC1)c1ccccc1. The summed E-state index contributed by atoms with van der Waals surface area (Å²) in [4.78, 5) is 28.2. The molecule has 0 aliphatic carbocycles. The lowest BCUT2D eigenvalue weighted by molar-refractivity contribution is -0.133. The third kappa shape index (κ3) is 3.65. The van der Waals surface area contributed by atoms with E-state index >= 15 is 0 Å². The van der Waals surface area contributed by atoms with Crippen molar-refractivity contribution in [3.05, 3.63) is 60.1 Å². The molecule has 126 valence electrons. The first-order chi connectivity index (χ1) is 11.6. The first-order valence-corrected chi connectivity index (χ1v) is 8.05. The Morgan fingerprint density at radius 2 is 1.71 bits per heavy atom. The first-order valence-electron chi connectivity index (χ1n) is 8.05. The van der Waals surface area contributed by atoms with Gasteiger partial charge in [-0.25, -0.2) is 0 Å². The summed E-state index contributed by atoms with van der Waals surface area (Å²) in [5, 5.41) is 0. The van der Waals surface area contributed by atoms with Gasteiger partial charge in [-0.3, -0.25) is 9.59 Å². The lowest BCUT2D eigenvalue weighted by Crippen LogP contribution is -2.50. The second kappa shape index (κ2) is 7.31. The van der Waals surface area contributed by atoms with Crippen LogP contribution < -0.4 is 5.73 Å². The van der Waals surface area contributed by atoms with Gasteiger partial charge in [0.05, 0.1) is 11.8 Å². The predicted molar refractivity (Wildman–Crippen MR) is 89.2 cm³/mol. The lowest BCUT2D eigenvalue weighted by atomic mass is 10.0. The maximum atomic E-state index is 12.4.